The third-order valence-corrected chi connectivity index (χ3v) is 3.50. The Labute approximate surface area is 118 Å². The predicted molar refractivity (Wildman–Crippen MR) is 77.5 cm³/mol. The van der Waals surface area contributed by atoms with Crippen LogP contribution in [0.5, 0.6) is 0 Å². The van der Waals surface area contributed by atoms with Gasteiger partial charge in [-0.3, -0.25) is 9.59 Å². The second-order valence-corrected chi connectivity index (χ2v) is 4.95. The third kappa shape index (κ3) is 3.70. The number of allylic oxidation sites excluding steroid dienone is 2. The van der Waals surface area contributed by atoms with Crippen molar-refractivity contribution < 1.29 is 14.7 Å². The lowest BCUT2D eigenvalue weighted by Gasteiger charge is -2.27. The number of carboxylic acids is 1. The molecule has 1 aromatic carbocycles. The Hall–Kier alpha value is -2.10. The van der Waals surface area contributed by atoms with Gasteiger partial charge in [0, 0.05) is 18.2 Å². The second-order valence-electron chi connectivity index (χ2n) is 4.95. The zero-order chi connectivity index (χ0) is 14.4. The second kappa shape index (κ2) is 6.89. The van der Waals surface area contributed by atoms with Gasteiger partial charge >= 0.3 is 5.97 Å². The molecule has 1 amide bonds. The molecule has 0 aromatic heterocycles. The molecule has 0 saturated carbocycles. The van der Waals surface area contributed by atoms with E-state index in [0.29, 0.717) is 0 Å². The molecule has 4 heteroatoms. The summed E-state index contributed by atoms with van der Waals surface area (Å²) in [5.41, 5.74) is 0.772. The number of para-hydroxylation sites is 1. The van der Waals surface area contributed by atoms with Crippen LogP contribution >= 0.6 is 0 Å². The first kappa shape index (κ1) is 14.3. The van der Waals surface area contributed by atoms with E-state index in [1.54, 1.807) is 4.90 Å². The van der Waals surface area contributed by atoms with Crippen molar-refractivity contribution in [1.29, 1.82) is 0 Å². The number of aliphatic carboxylic acids is 1. The normalized spacial score (nSPS) is 17.7. The Bertz CT molecular complexity index is 496. The lowest BCUT2D eigenvalue weighted by molar-refractivity contribution is -0.136. The van der Waals surface area contributed by atoms with Crippen molar-refractivity contribution in [2.24, 2.45) is 5.92 Å². The molecule has 1 aliphatic carbocycles. The highest BCUT2D eigenvalue weighted by Gasteiger charge is 2.25. The van der Waals surface area contributed by atoms with Crippen LogP contribution in [0.4, 0.5) is 5.69 Å². The Morgan fingerprint density at radius 2 is 1.95 bits per heavy atom. The van der Waals surface area contributed by atoms with E-state index in [1.807, 2.05) is 36.4 Å². The zero-order valence-electron chi connectivity index (χ0n) is 11.4. The maximum Gasteiger partial charge on any atom is 0.305 e. The Morgan fingerprint density at radius 1 is 1.20 bits per heavy atom. The number of rotatable bonds is 5. The summed E-state index contributed by atoms with van der Waals surface area (Å²) in [7, 11) is 0. The number of nitrogens with zero attached hydrogens (tertiary/aromatic N) is 1. The molecule has 0 spiro atoms. The minimum absolute atomic E-state index is 0.0294. The number of hydrogen-bond acceptors (Lipinski definition) is 2. The van der Waals surface area contributed by atoms with Crippen LogP contribution in [0.3, 0.4) is 0 Å². The monoisotopic (exact) mass is 273 g/mol. The SMILES string of the molecule is O=C(O)CCN(C(=O)C1CC=CCC1)c1ccccc1. The van der Waals surface area contributed by atoms with Crippen LogP contribution in [0.15, 0.2) is 42.5 Å². The topological polar surface area (TPSA) is 57.6 Å². The molecule has 0 aliphatic heterocycles. The first-order chi connectivity index (χ1) is 9.68. The number of anilines is 1. The number of carbonyl (C=O) groups excluding carboxylic acids is 1. The van der Waals surface area contributed by atoms with Crippen LogP contribution < -0.4 is 4.90 Å². The number of carbonyl (C=O) groups is 2. The van der Waals surface area contributed by atoms with Crippen LogP contribution in [0.1, 0.15) is 25.7 Å². The maximum absolute atomic E-state index is 12.6. The fourth-order valence-corrected chi connectivity index (χ4v) is 2.42. The molecule has 1 aliphatic rings. The lowest BCUT2D eigenvalue weighted by Crippen LogP contribution is -2.38. The van der Waals surface area contributed by atoms with Gasteiger partial charge in [-0.2, -0.15) is 0 Å². The summed E-state index contributed by atoms with van der Waals surface area (Å²) in [6.45, 7) is 0.221. The minimum Gasteiger partial charge on any atom is -0.481 e. The Balaban J connectivity index is 2.15. The fraction of sp³-hybridized carbons (Fsp3) is 0.375. The molecular formula is C16H19NO3. The summed E-state index contributed by atoms with van der Waals surface area (Å²) in [5, 5.41) is 8.85. The van der Waals surface area contributed by atoms with Crippen molar-refractivity contribution in [1.82, 2.24) is 0 Å². The zero-order valence-corrected chi connectivity index (χ0v) is 11.4. The summed E-state index contributed by atoms with van der Waals surface area (Å²) in [6.07, 6.45) is 6.59. The lowest BCUT2D eigenvalue weighted by atomic mass is 9.93. The average Bonchev–Trinajstić information content (AvgIpc) is 2.49. The van der Waals surface area contributed by atoms with Crippen LogP contribution in [-0.2, 0) is 9.59 Å². The van der Waals surface area contributed by atoms with E-state index >= 15 is 0 Å². The summed E-state index contributed by atoms with van der Waals surface area (Å²) in [5.74, 6) is -0.891. The van der Waals surface area contributed by atoms with Gasteiger partial charge in [0.25, 0.3) is 0 Å². The molecule has 4 nitrogen and oxygen atoms in total. The molecule has 106 valence electrons. The van der Waals surface area contributed by atoms with Gasteiger partial charge in [-0.25, -0.2) is 0 Å². The van der Waals surface area contributed by atoms with Gasteiger partial charge in [0.05, 0.1) is 6.42 Å². The first-order valence-corrected chi connectivity index (χ1v) is 6.91. The number of hydrogen-bond donors (Lipinski definition) is 1. The van der Waals surface area contributed by atoms with E-state index in [2.05, 4.69) is 6.08 Å². The van der Waals surface area contributed by atoms with Crippen molar-refractivity contribution in [3.8, 4) is 0 Å². The fourth-order valence-electron chi connectivity index (χ4n) is 2.42. The van der Waals surface area contributed by atoms with Crippen LogP contribution in [0.25, 0.3) is 0 Å². The molecule has 1 atom stereocenters. The Morgan fingerprint density at radius 3 is 2.55 bits per heavy atom. The van der Waals surface area contributed by atoms with Gasteiger partial charge in [0.15, 0.2) is 0 Å². The molecule has 0 radical (unpaired) electrons. The van der Waals surface area contributed by atoms with Gasteiger partial charge < -0.3 is 10.0 Å². The largest absolute Gasteiger partial charge is 0.481 e. The standard InChI is InChI=1S/C16H19NO3/c18-15(19)11-12-17(14-9-5-2-6-10-14)16(20)13-7-3-1-4-8-13/h1-3,5-6,9-10,13H,4,7-8,11-12H2,(H,18,19). The van der Waals surface area contributed by atoms with Gasteiger partial charge in [0.2, 0.25) is 5.91 Å². The molecule has 20 heavy (non-hydrogen) atoms. The molecule has 0 saturated heterocycles. The van der Waals surface area contributed by atoms with Crippen molar-refractivity contribution in [3.05, 3.63) is 42.5 Å². The van der Waals surface area contributed by atoms with E-state index in [0.717, 1.165) is 24.9 Å². The molecule has 0 heterocycles. The average molecular weight is 273 g/mol. The molecule has 0 fully saturated rings. The Kier molecular flexibility index (Phi) is 4.93. The molecular weight excluding hydrogens is 254 g/mol. The first-order valence-electron chi connectivity index (χ1n) is 6.91. The van der Waals surface area contributed by atoms with E-state index in [1.165, 1.54) is 0 Å². The van der Waals surface area contributed by atoms with Gasteiger partial charge in [-0.05, 0) is 31.4 Å². The maximum atomic E-state index is 12.6. The molecule has 1 unspecified atom stereocenters. The highest BCUT2D eigenvalue weighted by Crippen LogP contribution is 2.24. The van der Waals surface area contributed by atoms with Crippen LogP contribution in [0.2, 0.25) is 0 Å². The summed E-state index contributed by atoms with van der Waals surface area (Å²) >= 11 is 0. The molecule has 2 rings (SSSR count). The summed E-state index contributed by atoms with van der Waals surface area (Å²) in [4.78, 5) is 25.0. The van der Waals surface area contributed by atoms with Crippen LogP contribution in [0, 0.1) is 5.92 Å². The molecule has 1 aromatic rings. The quantitative estimate of drug-likeness (QED) is 0.839. The van der Waals surface area contributed by atoms with Crippen molar-refractivity contribution in [2.45, 2.75) is 25.7 Å². The van der Waals surface area contributed by atoms with Crippen molar-refractivity contribution in [3.63, 3.8) is 0 Å². The van der Waals surface area contributed by atoms with Crippen LogP contribution in [-0.4, -0.2) is 23.5 Å². The number of carboxylic acid groups (broad SMARTS) is 1. The van der Waals surface area contributed by atoms with E-state index in [-0.39, 0.29) is 24.8 Å². The number of benzene rings is 1. The van der Waals surface area contributed by atoms with E-state index in [9.17, 15) is 9.59 Å². The third-order valence-electron chi connectivity index (χ3n) is 3.50. The van der Waals surface area contributed by atoms with Gasteiger partial charge in [-0.15, -0.1) is 0 Å². The summed E-state index contributed by atoms with van der Waals surface area (Å²) < 4.78 is 0. The minimum atomic E-state index is -0.887. The highest BCUT2D eigenvalue weighted by molar-refractivity contribution is 5.95. The molecule has 1 N–H and O–H groups in total. The van der Waals surface area contributed by atoms with Crippen molar-refractivity contribution >= 4 is 17.6 Å². The molecule has 0 bridgehead atoms. The smallest absolute Gasteiger partial charge is 0.305 e. The van der Waals surface area contributed by atoms with E-state index < -0.39 is 5.97 Å². The summed E-state index contributed by atoms with van der Waals surface area (Å²) in [6, 6.07) is 9.29. The van der Waals surface area contributed by atoms with Crippen molar-refractivity contribution in [2.75, 3.05) is 11.4 Å². The highest BCUT2D eigenvalue weighted by atomic mass is 16.4. The van der Waals surface area contributed by atoms with Gasteiger partial charge in [0.1, 0.15) is 0 Å². The predicted octanol–water partition coefficient (Wildman–Crippen LogP) is 2.85. The van der Waals surface area contributed by atoms with Gasteiger partial charge in [-0.1, -0.05) is 30.4 Å². The number of amides is 1. The van der Waals surface area contributed by atoms with E-state index in [4.69, 9.17) is 5.11 Å².